The summed E-state index contributed by atoms with van der Waals surface area (Å²) >= 11 is 0. The van der Waals surface area contributed by atoms with E-state index in [1.54, 1.807) is 7.05 Å². The molecule has 5 nitrogen and oxygen atoms in total. The molecule has 26 heavy (non-hydrogen) atoms. The molecule has 6 heteroatoms. The fraction of sp³-hybridized carbons (Fsp3) is 0.700. The molecule has 0 spiro atoms. The first-order chi connectivity index (χ1) is 12.1. The molecule has 1 aliphatic heterocycles. The fourth-order valence-corrected chi connectivity index (χ4v) is 4.98. The maximum atomic E-state index is 13.5. The molecule has 0 amide bonds. The Balaban J connectivity index is 2.57. The summed E-state index contributed by atoms with van der Waals surface area (Å²) in [6, 6.07) is 4.12. The van der Waals surface area contributed by atoms with Crippen LogP contribution in [0.1, 0.15) is 76.0 Å². The van der Waals surface area contributed by atoms with E-state index in [4.69, 9.17) is 9.47 Å². The number of sulfonamides is 1. The van der Waals surface area contributed by atoms with Gasteiger partial charge in [0.25, 0.3) is 0 Å². The predicted octanol–water partition coefficient (Wildman–Crippen LogP) is 4.05. The van der Waals surface area contributed by atoms with Crippen LogP contribution in [0.5, 0.6) is 0 Å². The van der Waals surface area contributed by atoms with Crippen LogP contribution in [0.2, 0.25) is 0 Å². The summed E-state index contributed by atoms with van der Waals surface area (Å²) in [6.45, 7) is 13.7. The molecule has 0 N–H and O–H groups in total. The average Bonchev–Trinajstić information content (AvgIpc) is 3.06. The van der Waals surface area contributed by atoms with Crippen molar-refractivity contribution >= 4 is 10.0 Å². The standard InChI is InChI=1S/C20H33NO4S/c1-13(2)16-10-17(14(3)4)20(18(11-16)15(5)6)26(22,23)21(7)12-19-24-8-9-25-19/h10-11,13-15,19H,8-9,12H2,1-7H3. The van der Waals surface area contributed by atoms with Gasteiger partial charge in [-0.05, 0) is 34.4 Å². The molecule has 0 unspecified atom stereocenters. The van der Waals surface area contributed by atoms with E-state index in [9.17, 15) is 8.42 Å². The first-order valence-electron chi connectivity index (χ1n) is 9.43. The third-order valence-corrected chi connectivity index (χ3v) is 6.80. The normalized spacial score (nSPS) is 16.6. The molecule has 0 radical (unpaired) electrons. The molecular formula is C20H33NO4S. The summed E-state index contributed by atoms with van der Waals surface area (Å²) in [7, 11) is -2.04. The Kier molecular flexibility index (Phi) is 6.88. The molecule has 148 valence electrons. The predicted molar refractivity (Wildman–Crippen MR) is 104 cm³/mol. The molecule has 0 saturated carbocycles. The molecular weight excluding hydrogens is 350 g/mol. The first kappa shape index (κ1) is 21.4. The van der Waals surface area contributed by atoms with E-state index in [-0.39, 0.29) is 18.4 Å². The van der Waals surface area contributed by atoms with Crippen molar-refractivity contribution in [2.45, 2.75) is 70.5 Å². The van der Waals surface area contributed by atoms with Crippen LogP contribution in [0.3, 0.4) is 0 Å². The van der Waals surface area contributed by atoms with Crippen LogP contribution in [0, 0.1) is 0 Å². The lowest BCUT2D eigenvalue weighted by molar-refractivity contribution is -0.0482. The zero-order valence-corrected chi connectivity index (χ0v) is 17.9. The second kappa shape index (κ2) is 8.38. The molecule has 2 rings (SSSR count). The van der Waals surface area contributed by atoms with Crippen LogP contribution < -0.4 is 0 Å². The van der Waals surface area contributed by atoms with E-state index >= 15 is 0 Å². The number of nitrogens with zero attached hydrogens (tertiary/aromatic N) is 1. The highest BCUT2D eigenvalue weighted by molar-refractivity contribution is 7.89. The minimum Gasteiger partial charge on any atom is -0.349 e. The minimum absolute atomic E-state index is 0.114. The summed E-state index contributed by atoms with van der Waals surface area (Å²) in [5.41, 5.74) is 2.96. The molecule has 1 saturated heterocycles. The molecule has 0 aliphatic carbocycles. The third-order valence-electron chi connectivity index (χ3n) is 4.84. The van der Waals surface area contributed by atoms with Crippen molar-refractivity contribution in [2.75, 3.05) is 26.8 Å². The lowest BCUT2D eigenvalue weighted by Gasteiger charge is -2.27. The Morgan fingerprint density at radius 2 is 1.42 bits per heavy atom. The van der Waals surface area contributed by atoms with Gasteiger partial charge >= 0.3 is 0 Å². The molecule has 1 aliphatic rings. The van der Waals surface area contributed by atoms with Crippen LogP contribution in [-0.2, 0) is 19.5 Å². The molecule has 1 fully saturated rings. The van der Waals surface area contributed by atoms with Gasteiger partial charge in [0.2, 0.25) is 10.0 Å². The number of benzene rings is 1. The zero-order chi connectivity index (χ0) is 19.6. The Morgan fingerprint density at radius 1 is 0.962 bits per heavy atom. The number of hydrogen-bond donors (Lipinski definition) is 0. The topological polar surface area (TPSA) is 55.8 Å². The number of likely N-dealkylation sites (N-methyl/N-ethyl adjacent to an activating group) is 1. The van der Waals surface area contributed by atoms with Crippen molar-refractivity contribution in [1.82, 2.24) is 4.31 Å². The number of rotatable bonds is 7. The molecule has 0 bridgehead atoms. The van der Waals surface area contributed by atoms with E-state index in [0.29, 0.717) is 24.0 Å². The van der Waals surface area contributed by atoms with Gasteiger partial charge in [0.15, 0.2) is 6.29 Å². The van der Waals surface area contributed by atoms with Gasteiger partial charge in [-0.25, -0.2) is 8.42 Å². The molecule has 0 aromatic heterocycles. The first-order valence-corrected chi connectivity index (χ1v) is 10.9. The Bertz CT molecular complexity index is 690. The highest BCUT2D eigenvalue weighted by atomic mass is 32.2. The summed E-state index contributed by atoms with van der Waals surface area (Å²) in [4.78, 5) is 0.451. The van der Waals surface area contributed by atoms with Crippen molar-refractivity contribution < 1.29 is 17.9 Å². The summed E-state index contributed by atoms with van der Waals surface area (Å²) in [5.74, 6) is 0.575. The molecule has 1 aromatic carbocycles. The second-order valence-electron chi connectivity index (χ2n) is 7.95. The number of hydrogen-bond acceptors (Lipinski definition) is 4. The van der Waals surface area contributed by atoms with E-state index in [1.807, 2.05) is 27.7 Å². The monoisotopic (exact) mass is 383 g/mol. The van der Waals surface area contributed by atoms with Crippen molar-refractivity contribution in [3.8, 4) is 0 Å². The zero-order valence-electron chi connectivity index (χ0n) is 17.1. The molecule has 1 heterocycles. The van der Waals surface area contributed by atoms with E-state index in [2.05, 4.69) is 26.0 Å². The molecule has 1 aromatic rings. The van der Waals surface area contributed by atoms with Gasteiger partial charge in [-0.2, -0.15) is 4.31 Å². The minimum atomic E-state index is -3.65. The van der Waals surface area contributed by atoms with Crippen LogP contribution in [0.15, 0.2) is 17.0 Å². The number of ether oxygens (including phenoxy) is 2. The van der Waals surface area contributed by atoms with Gasteiger partial charge in [-0.3, -0.25) is 0 Å². The Labute approximate surface area is 158 Å². The van der Waals surface area contributed by atoms with Gasteiger partial charge in [-0.1, -0.05) is 53.7 Å². The van der Waals surface area contributed by atoms with Gasteiger partial charge in [0.05, 0.1) is 24.7 Å². The summed E-state index contributed by atoms with van der Waals surface area (Å²) in [6.07, 6.45) is -0.491. The van der Waals surface area contributed by atoms with Crippen molar-refractivity contribution in [1.29, 1.82) is 0 Å². The van der Waals surface area contributed by atoms with Crippen molar-refractivity contribution in [3.05, 3.63) is 28.8 Å². The van der Waals surface area contributed by atoms with Crippen LogP contribution >= 0.6 is 0 Å². The van der Waals surface area contributed by atoms with E-state index in [1.165, 1.54) is 9.87 Å². The Morgan fingerprint density at radius 3 is 1.81 bits per heavy atom. The highest BCUT2D eigenvalue weighted by Crippen LogP contribution is 2.36. The lowest BCUT2D eigenvalue weighted by atomic mass is 9.89. The van der Waals surface area contributed by atoms with Crippen LogP contribution in [0.25, 0.3) is 0 Å². The third kappa shape index (κ3) is 4.47. The van der Waals surface area contributed by atoms with Gasteiger partial charge in [0, 0.05) is 7.05 Å². The van der Waals surface area contributed by atoms with Crippen molar-refractivity contribution in [2.24, 2.45) is 0 Å². The SMILES string of the molecule is CC(C)c1cc(C(C)C)c(S(=O)(=O)N(C)CC2OCCO2)c(C(C)C)c1. The quantitative estimate of drug-likeness (QED) is 0.713. The smallest absolute Gasteiger partial charge is 0.243 e. The second-order valence-corrected chi connectivity index (χ2v) is 9.93. The highest BCUT2D eigenvalue weighted by Gasteiger charge is 2.32. The van der Waals surface area contributed by atoms with Crippen molar-refractivity contribution in [3.63, 3.8) is 0 Å². The largest absolute Gasteiger partial charge is 0.349 e. The average molecular weight is 384 g/mol. The van der Waals surface area contributed by atoms with E-state index in [0.717, 1.165) is 11.1 Å². The van der Waals surface area contributed by atoms with Gasteiger partial charge < -0.3 is 9.47 Å². The maximum absolute atomic E-state index is 13.5. The van der Waals surface area contributed by atoms with Crippen LogP contribution in [-0.4, -0.2) is 45.8 Å². The lowest BCUT2D eigenvalue weighted by Crippen LogP contribution is -2.36. The van der Waals surface area contributed by atoms with Gasteiger partial charge in [-0.15, -0.1) is 0 Å². The van der Waals surface area contributed by atoms with Gasteiger partial charge in [0.1, 0.15) is 0 Å². The molecule has 0 atom stereocenters. The summed E-state index contributed by atoms with van der Waals surface area (Å²) in [5, 5.41) is 0. The van der Waals surface area contributed by atoms with Crippen LogP contribution in [0.4, 0.5) is 0 Å². The Hall–Kier alpha value is -0.950. The van der Waals surface area contributed by atoms with E-state index < -0.39 is 16.3 Å². The maximum Gasteiger partial charge on any atom is 0.243 e. The fourth-order valence-electron chi connectivity index (χ4n) is 3.16. The summed E-state index contributed by atoms with van der Waals surface area (Å²) < 4.78 is 39.2.